The molecule has 0 heterocycles. The van der Waals surface area contributed by atoms with E-state index < -0.39 is 0 Å². The lowest BCUT2D eigenvalue weighted by molar-refractivity contribution is -0.137. The summed E-state index contributed by atoms with van der Waals surface area (Å²) in [6, 6.07) is 0.332. The van der Waals surface area contributed by atoms with Gasteiger partial charge < -0.3 is 15.4 Å². The summed E-state index contributed by atoms with van der Waals surface area (Å²) >= 11 is 0. The molecule has 0 aliphatic heterocycles. The highest BCUT2D eigenvalue weighted by Gasteiger charge is 2.21. The normalized spacial score (nSPS) is 27.5. The number of carbonyl (C=O) groups excluding carboxylic acids is 1. The lowest BCUT2D eigenvalue weighted by Crippen LogP contribution is -2.35. The molecule has 2 N–H and O–H groups in total. The van der Waals surface area contributed by atoms with E-state index in [1.165, 1.54) is 32.1 Å². The van der Waals surface area contributed by atoms with E-state index in [1.807, 2.05) is 11.9 Å². The summed E-state index contributed by atoms with van der Waals surface area (Å²) in [5.41, 5.74) is 5.88. The number of likely N-dealkylation sites (N-methyl/N-ethyl adjacent to an activating group) is 1. The Balaban J connectivity index is 1.58. The Morgan fingerprint density at radius 1 is 1.10 bits per heavy atom. The first kappa shape index (κ1) is 16.8. The molecule has 2 aliphatic carbocycles. The van der Waals surface area contributed by atoms with E-state index in [1.54, 1.807) is 0 Å². The van der Waals surface area contributed by atoms with Gasteiger partial charge in [-0.25, -0.2) is 0 Å². The van der Waals surface area contributed by atoms with Gasteiger partial charge in [-0.3, -0.25) is 4.79 Å². The van der Waals surface area contributed by atoms with E-state index >= 15 is 0 Å². The van der Waals surface area contributed by atoms with Crippen molar-refractivity contribution in [1.29, 1.82) is 0 Å². The Labute approximate surface area is 129 Å². The minimum Gasteiger partial charge on any atom is -0.368 e. The lowest BCUT2D eigenvalue weighted by atomic mass is 9.87. The highest BCUT2D eigenvalue weighted by Crippen LogP contribution is 2.26. The van der Waals surface area contributed by atoms with Crippen molar-refractivity contribution < 1.29 is 9.53 Å². The van der Waals surface area contributed by atoms with Crippen molar-refractivity contribution in [3.05, 3.63) is 0 Å². The first-order valence-corrected chi connectivity index (χ1v) is 8.76. The molecule has 0 radical (unpaired) electrons. The number of nitrogens with two attached hydrogens (primary N) is 1. The number of amides is 1. The van der Waals surface area contributed by atoms with E-state index in [-0.39, 0.29) is 18.6 Å². The molecule has 0 aromatic rings. The zero-order chi connectivity index (χ0) is 15.1. The number of hydrogen-bond acceptors (Lipinski definition) is 3. The third kappa shape index (κ3) is 5.95. The zero-order valence-electron chi connectivity index (χ0n) is 13.6. The minimum atomic E-state index is 0.126. The Morgan fingerprint density at radius 3 is 2.43 bits per heavy atom. The van der Waals surface area contributed by atoms with E-state index in [4.69, 9.17) is 10.5 Å². The molecule has 4 nitrogen and oxygen atoms in total. The van der Waals surface area contributed by atoms with E-state index in [0.717, 1.165) is 44.6 Å². The molecule has 0 bridgehead atoms. The molecule has 122 valence electrons. The average molecular weight is 296 g/mol. The zero-order valence-corrected chi connectivity index (χ0v) is 13.6. The molecule has 0 atom stereocenters. The molecule has 2 aliphatic rings. The van der Waals surface area contributed by atoms with Crippen LogP contribution in [0.15, 0.2) is 0 Å². The molecule has 2 rings (SSSR count). The van der Waals surface area contributed by atoms with Crippen LogP contribution in [0.25, 0.3) is 0 Å². The number of rotatable bonds is 6. The van der Waals surface area contributed by atoms with Crippen LogP contribution in [-0.2, 0) is 9.53 Å². The molecule has 2 fully saturated rings. The maximum absolute atomic E-state index is 12.1. The molecule has 21 heavy (non-hydrogen) atoms. The summed E-state index contributed by atoms with van der Waals surface area (Å²) < 4.78 is 5.76. The van der Waals surface area contributed by atoms with Crippen LogP contribution in [0.2, 0.25) is 0 Å². The maximum Gasteiger partial charge on any atom is 0.248 e. The molecule has 0 aromatic heterocycles. The molecule has 0 aromatic carbocycles. The molecular formula is C17H32N2O2. The van der Waals surface area contributed by atoms with E-state index in [9.17, 15) is 4.79 Å². The monoisotopic (exact) mass is 296 g/mol. The first-order chi connectivity index (χ1) is 10.1. The topological polar surface area (TPSA) is 55.6 Å². The second-order valence-corrected chi connectivity index (χ2v) is 6.96. The molecule has 2 saturated carbocycles. The summed E-state index contributed by atoms with van der Waals surface area (Å²) in [6.45, 7) is 1.11. The van der Waals surface area contributed by atoms with Gasteiger partial charge in [0.05, 0.1) is 6.10 Å². The molecule has 4 heteroatoms. The second-order valence-electron chi connectivity index (χ2n) is 6.96. The summed E-state index contributed by atoms with van der Waals surface area (Å²) in [6.07, 6.45) is 12.3. The summed E-state index contributed by atoms with van der Waals surface area (Å²) in [5.74, 6) is 0.954. The van der Waals surface area contributed by atoms with Gasteiger partial charge in [-0.15, -0.1) is 0 Å². The molecular weight excluding hydrogens is 264 g/mol. The van der Waals surface area contributed by atoms with Gasteiger partial charge in [0, 0.05) is 19.6 Å². The highest BCUT2D eigenvalue weighted by atomic mass is 16.5. The standard InChI is InChI=1S/C17H32N2O2/c1-19(12-11-14-5-3-2-4-6-14)17(20)13-21-16-9-7-15(18)8-10-16/h14-16H,2-13,18H2,1H3. The van der Waals surface area contributed by atoms with E-state index in [2.05, 4.69) is 0 Å². The van der Waals surface area contributed by atoms with Crippen molar-refractivity contribution in [2.75, 3.05) is 20.2 Å². The number of ether oxygens (including phenoxy) is 1. The van der Waals surface area contributed by atoms with Gasteiger partial charge in [-0.1, -0.05) is 32.1 Å². The Kier molecular flexibility index (Phi) is 6.97. The fourth-order valence-electron chi connectivity index (χ4n) is 3.53. The Hall–Kier alpha value is -0.610. The first-order valence-electron chi connectivity index (χ1n) is 8.76. The number of carbonyl (C=O) groups is 1. The summed E-state index contributed by atoms with van der Waals surface area (Å²) in [4.78, 5) is 13.9. The molecule has 0 unspecified atom stereocenters. The van der Waals surface area contributed by atoms with Crippen LogP contribution in [0.3, 0.4) is 0 Å². The number of hydrogen-bond donors (Lipinski definition) is 1. The maximum atomic E-state index is 12.1. The Morgan fingerprint density at radius 2 is 1.76 bits per heavy atom. The third-order valence-corrected chi connectivity index (χ3v) is 5.18. The fraction of sp³-hybridized carbons (Fsp3) is 0.941. The second kappa shape index (κ2) is 8.74. The average Bonchev–Trinajstić information content (AvgIpc) is 2.52. The molecule has 1 amide bonds. The van der Waals surface area contributed by atoms with Crippen molar-refractivity contribution >= 4 is 5.91 Å². The summed E-state index contributed by atoms with van der Waals surface area (Å²) in [7, 11) is 1.91. The van der Waals surface area contributed by atoms with Crippen molar-refractivity contribution in [3.8, 4) is 0 Å². The lowest BCUT2D eigenvalue weighted by Gasteiger charge is -2.27. The molecule has 0 saturated heterocycles. The van der Waals surface area contributed by atoms with Crippen LogP contribution in [0.4, 0.5) is 0 Å². The van der Waals surface area contributed by atoms with Crippen LogP contribution in [0.1, 0.15) is 64.2 Å². The SMILES string of the molecule is CN(CCC1CCCCC1)C(=O)COC1CCC(N)CC1. The Bertz CT molecular complexity index is 308. The van der Waals surface area contributed by atoms with Crippen LogP contribution >= 0.6 is 0 Å². The van der Waals surface area contributed by atoms with Gasteiger partial charge in [0.15, 0.2) is 0 Å². The van der Waals surface area contributed by atoms with Gasteiger partial charge in [0.2, 0.25) is 5.91 Å². The van der Waals surface area contributed by atoms with Crippen molar-refractivity contribution in [1.82, 2.24) is 4.90 Å². The van der Waals surface area contributed by atoms with Gasteiger partial charge in [-0.05, 0) is 38.0 Å². The third-order valence-electron chi connectivity index (χ3n) is 5.18. The predicted octanol–water partition coefficient (Wildman–Crippen LogP) is 2.70. The van der Waals surface area contributed by atoms with Gasteiger partial charge in [-0.2, -0.15) is 0 Å². The highest BCUT2D eigenvalue weighted by molar-refractivity contribution is 5.77. The van der Waals surface area contributed by atoms with Crippen LogP contribution in [0, 0.1) is 5.92 Å². The van der Waals surface area contributed by atoms with Crippen molar-refractivity contribution in [2.24, 2.45) is 11.7 Å². The van der Waals surface area contributed by atoms with Crippen molar-refractivity contribution in [3.63, 3.8) is 0 Å². The fourth-order valence-corrected chi connectivity index (χ4v) is 3.53. The van der Waals surface area contributed by atoms with Crippen LogP contribution in [0.5, 0.6) is 0 Å². The smallest absolute Gasteiger partial charge is 0.248 e. The van der Waals surface area contributed by atoms with Gasteiger partial charge in [0.1, 0.15) is 6.61 Å². The van der Waals surface area contributed by atoms with Crippen molar-refractivity contribution in [2.45, 2.75) is 76.4 Å². The quantitative estimate of drug-likeness (QED) is 0.820. The summed E-state index contributed by atoms with van der Waals surface area (Å²) in [5, 5.41) is 0. The van der Waals surface area contributed by atoms with E-state index in [0.29, 0.717) is 6.04 Å². The van der Waals surface area contributed by atoms with Crippen LogP contribution < -0.4 is 5.73 Å². The largest absolute Gasteiger partial charge is 0.368 e. The van der Waals surface area contributed by atoms with Crippen LogP contribution in [-0.4, -0.2) is 43.2 Å². The predicted molar refractivity (Wildman–Crippen MR) is 85.0 cm³/mol. The number of nitrogens with zero attached hydrogens (tertiary/aromatic N) is 1. The molecule has 0 spiro atoms. The minimum absolute atomic E-state index is 0.126. The van der Waals surface area contributed by atoms with Gasteiger partial charge in [0.25, 0.3) is 0 Å². The van der Waals surface area contributed by atoms with Gasteiger partial charge >= 0.3 is 0 Å².